The zero-order chi connectivity index (χ0) is 18.5. The molecular weight excluding hydrogens is 324 g/mol. The number of rotatable bonds is 1. The fraction of sp³-hybridized carbons (Fsp3) is 0.400. The molecule has 1 fully saturated rings. The van der Waals surface area contributed by atoms with Gasteiger partial charge in [0.1, 0.15) is 6.07 Å². The quantitative estimate of drug-likeness (QED) is 0.834. The van der Waals surface area contributed by atoms with E-state index in [-0.39, 0.29) is 23.7 Å². The first kappa shape index (κ1) is 16.3. The molecule has 1 aromatic heterocycles. The molecule has 2 aliphatic heterocycles. The van der Waals surface area contributed by atoms with Crippen molar-refractivity contribution in [2.24, 2.45) is 17.1 Å². The van der Waals surface area contributed by atoms with E-state index in [2.05, 4.69) is 41.2 Å². The van der Waals surface area contributed by atoms with Crippen molar-refractivity contribution >= 4 is 0 Å². The van der Waals surface area contributed by atoms with Crippen LogP contribution >= 0.6 is 0 Å². The topological polar surface area (TPSA) is 114 Å². The third kappa shape index (κ3) is 1.90. The Labute approximate surface area is 152 Å². The average Bonchev–Trinajstić information content (AvgIpc) is 2.91. The Morgan fingerprint density at radius 2 is 2.04 bits per heavy atom. The first-order valence-corrected chi connectivity index (χ1v) is 8.65. The molecule has 6 heteroatoms. The number of nitrogens with zero attached hydrogens (tertiary/aromatic N) is 5. The number of hydrogen-bond donors (Lipinski definition) is 1. The van der Waals surface area contributed by atoms with Gasteiger partial charge in [0, 0.05) is 36.3 Å². The lowest BCUT2D eigenvalue weighted by atomic mass is 9.56. The fourth-order valence-corrected chi connectivity index (χ4v) is 5.02. The van der Waals surface area contributed by atoms with Crippen LogP contribution in [0.25, 0.3) is 0 Å². The van der Waals surface area contributed by atoms with Gasteiger partial charge in [-0.1, -0.05) is 12.1 Å². The molecule has 0 amide bonds. The molecule has 1 saturated heterocycles. The van der Waals surface area contributed by atoms with E-state index < -0.39 is 11.3 Å². The first-order chi connectivity index (χ1) is 12.6. The summed E-state index contributed by atoms with van der Waals surface area (Å²) in [5.41, 5.74) is 6.82. The second-order valence-corrected chi connectivity index (χ2v) is 7.22. The molecule has 0 radical (unpaired) electrons. The number of fused-ring (bicyclic) bond motifs is 4. The molecule has 128 valence electrons. The van der Waals surface area contributed by atoms with Gasteiger partial charge in [0.25, 0.3) is 0 Å². The van der Waals surface area contributed by atoms with Gasteiger partial charge in [-0.3, -0.25) is 9.88 Å². The van der Waals surface area contributed by atoms with Crippen LogP contribution in [0.3, 0.4) is 0 Å². The Morgan fingerprint density at radius 1 is 1.27 bits per heavy atom. The second-order valence-electron chi connectivity index (χ2n) is 7.22. The lowest BCUT2D eigenvalue weighted by Crippen LogP contribution is -2.51. The van der Waals surface area contributed by atoms with Gasteiger partial charge in [-0.15, -0.1) is 0 Å². The number of pyridine rings is 1. The van der Waals surface area contributed by atoms with Gasteiger partial charge in [-0.25, -0.2) is 0 Å². The van der Waals surface area contributed by atoms with Gasteiger partial charge < -0.3 is 5.73 Å². The maximum Gasteiger partial charge on any atom is 0.191 e. The maximum absolute atomic E-state index is 10.0. The summed E-state index contributed by atoms with van der Waals surface area (Å²) in [4.78, 5) is 6.50. The summed E-state index contributed by atoms with van der Waals surface area (Å²) >= 11 is 0. The molecule has 0 saturated carbocycles. The lowest BCUT2D eigenvalue weighted by molar-refractivity contribution is 0.160. The largest absolute Gasteiger partial charge is 0.399 e. The Morgan fingerprint density at radius 3 is 2.65 bits per heavy atom. The van der Waals surface area contributed by atoms with Crippen LogP contribution in [0.4, 0.5) is 0 Å². The van der Waals surface area contributed by atoms with E-state index in [0.29, 0.717) is 5.57 Å². The number of likely N-dealkylation sites (N-methyl/N-ethyl adjacent to an activating group) is 1. The van der Waals surface area contributed by atoms with Crippen molar-refractivity contribution in [3.05, 3.63) is 53.0 Å². The molecule has 6 nitrogen and oxygen atoms in total. The normalized spacial score (nSPS) is 32.0. The van der Waals surface area contributed by atoms with Gasteiger partial charge in [0.15, 0.2) is 5.41 Å². The van der Waals surface area contributed by atoms with E-state index in [0.717, 1.165) is 24.0 Å². The highest BCUT2D eigenvalue weighted by molar-refractivity contribution is 5.60. The van der Waals surface area contributed by atoms with Crippen molar-refractivity contribution in [2.45, 2.75) is 30.8 Å². The number of nitriles is 3. The molecule has 4 rings (SSSR count). The third-order valence-corrected chi connectivity index (χ3v) is 6.27. The smallest absolute Gasteiger partial charge is 0.191 e. The number of aromatic nitrogens is 1. The van der Waals surface area contributed by atoms with E-state index in [1.807, 2.05) is 12.1 Å². The molecule has 3 aliphatic rings. The Hall–Kier alpha value is -3.14. The summed E-state index contributed by atoms with van der Waals surface area (Å²) in [5.74, 6) is -0.592. The highest BCUT2D eigenvalue weighted by atomic mass is 15.2. The van der Waals surface area contributed by atoms with Crippen LogP contribution < -0.4 is 5.73 Å². The molecule has 0 spiro atoms. The van der Waals surface area contributed by atoms with Crippen molar-refractivity contribution in [2.75, 3.05) is 7.05 Å². The predicted octanol–water partition coefficient (Wildman–Crippen LogP) is 1.97. The monoisotopic (exact) mass is 342 g/mol. The third-order valence-electron chi connectivity index (χ3n) is 6.27. The Bertz CT molecular complexity index is 925. The van der Waals surface area contributed by atoms with E-state index in [9.17, 15) is 15.8 Å². The molecule has 2 N–H and O–H groups in total. The SMILES string of the molecule is CN1C2C=C3C(C#N)=C(N)C(C#N)(C#N)C(c4cccnc4)C3C1CC2. The summed E-state index contributed by atoms with van der Waals surface area (Å²) in [6, 6.07) is 10.7. The predicted molar refractivity (Wildman–Crippen MR) is 93.6 cm³/mol. The zero-order valence-electron chi connectivity index (χ0n) is 14.4. The molecule has 1 aliphatic carbocycles. The van der Waals surface area contributed by atoms with E-state index in [1.165, 1.54) is 0 Å². The second kappa shape index (κ2) is 5.70. The van der Waals surface area contributed by atoms with E-state index >= 15 is 0 Å². The van der Waals surface area contributed by atoms with Crippen molar-refractivity contribution < 1.29 is 0 Å². The van der Waals surface area contributed by atoms with E-state index in [4.69, 9.17) is 5.73 Å². The van der Waals surface area contributed by atoms with Crippen LogP contribution in [0.1, 0.15) is 24.3 Å². The van der Waals surface area contributed by atoms with Crippen LogP contribution in [-0.4, -0.2) is 29.0 Å². The minimum Gasteiger partial charge on any atom is -0.399 e. The molecule has 4 unspecified atom stereocenters. The molecule has 2 bridgehead atoms. The average molecular weight is 342 g/mol. The van der Waals surface area contributed by atoms with Gasteiger partial charge in [0.2, 0.25) is 0 Å². The summed E-state index contributed by atoms with van der Waals surface area (Å²) in [6.45, 7) is 0. The van der Waals surface area contributed by atoms with Crippen LogP contribution in [-0.2, 0) is 0 Å². The molecule has 4 atom stereocenters. The van der Waals surface area contributed by atoms with Crippen LogP contribution in [0.2, 0.25) is 0 Å². The summed E-state index contributed by atoms with van der Waals surface area (Å²) < 4.78 is 0. The standard InChI is InChI=1S/C20H18N6/c1-26-13-4-5-16(26)17-14(7-13)15(8-21)19(24)20(10-22,11-23)18(17)12-3-2-6-25-9-12/h2-3,6-7,9,13,16-18H,4-5,24H2,1H3. The Balaban J connectivity index is 2.05. The van der Waals surface area contributed by atoms with Crippen molar-refractivity contribution in [3.63, 3.8) is 0 Å². The molecule has 26 heavy (non-hydrogen) atoms. The van der Waals surface area contributed by atoms with Gasteiger partial charge in [-0.05, 0) is 37.1 Å². The van der Waals surface area contributed by atoms with Crippen LogP contribution in [0.5, 0.6) is 0 Å². The first-order valence-electron chi connectivity index (χ1n) is 8.65. The summed E-state index contributed by atoms with van der Waals surface area (Å²) in [6.07, 6.45) is 7.46. The van der Waals surface area contributed by atoms with Gasteiger partial charge >= 0.3 is 0 Å². The summed E-state index contributed by atoms with van der Waals surface area (Å²) in [5, 5.41) is 29.8. The van der Waals surface area contributed by atoms with Gasteiger partial charge in [0.05, 0.1) is 23.4 Å². The molecule has 1 aromatic rings. The van der Waals surface area contributed by atoms with Gasteiger partial charge in [-0.2, -0.15) is 15.8 Å². The number of nitrogens with two attached hydrogens (primary N) is 1. The van der Waals surface area contributed by atoms with E-state index in [1.54, 1.807) is 12.4 Å². The van der Waals surface area contributed by atoms with Crippen LogP contribution in [0.15, 0.2) is 47.4 Å². The van der Waals surface area contributed by atoms with Crippen LogP contribution in [0, 0.1) is 45.3 Å². The number of hydrogen-bond acceptors (Lipinski definition) is 6. The van der Waals surface area contributed by atoms with Crippen molar-refractivity contribution in [1.82, 2.24) is 9.88 Å². The molecular formula is C20H18N6. The molecule has 3 heterocycles. The zero-order valence-corrected chi connectivity index (χ0v) is 14.4. The minimum absolute atomic E-state index is 0.0744. The Kier molecular flexibility index (Phi) is 3.58. The minimum atomic E-state index is -1.58. The highest BCUT2D eigenvalue weighted by Crippen LogP contribution is 2.58. The lowest BCUT2D eigenvalue weighted by Gasteiger charge is -2.48. The molecule has 0 aromatic carbocycles. The van der Waals surface area contributed by atoms with Crippen molar-refractivity contribution in [3.8, 4) is 18.2 Å². The maximum atomic E-state index is 10.0. The van der Waals surface area contributed by atoms with Crippen molar-refractivity contribution in [1.29, 1.82) is 15.8 Å². The highest BCUT2D eigenvalue weighted by Gasteiger charge is 2.58. The summed E-state index contributed by atoms with van der Waals surface area (Å²) in [7, 11) is 2.07. The number of allylic oxidation sites excluding steroid dienone is 2. The fourth-order valence-electron chi connectivity index (χ4n) is 5.02.